The van der Waals surface area contributed by atoms with E-state index in [4.69, 9.17) is 0 Å². The fraction of sp³-hybridized carbons (Fsp3) is 0.864. The van der Waals surface area contributed by atoms with Crippen molar-refractivity contribution < 1.29 is 9.59 Å². The highest BCUT2D eigenvalue weighted by atomic mass is 16.3. The average Bonchev–Trinajstić information content (AvgIpc) is 3.02. The molecule has 0 bridgehead atoms. The van der Waals surface area contributed by atoms with E-state index in [0.717, 1.165) is 24.1 Å². The Hall–Kier alpha value is -0.670. The van der Waals surface area contributed by atoms with Gasteiger partial charge in [-0.1, -0.05) is 77.2 Å². The van der Waals surface area contributed by atoms with Crippen LogP contribution in [0, 0.1) is 0 Å². The van der Waals surface area contributed by atoms with Gasteiger partial charge in [0.1, 0.15) is 13.1 Å². The SMILES string of the molecule is CCCCCCCCCCCCC/C=C/C1N=CC[N+]1(CC)CCO. The summed E-state index contributed by atoms with van der Waals surface area (Å²) in [6.45, 7) is 7.54. The van der Waals surface area contributed by atoms with Crippen LogP contribution in [0.2, 0.25) is 0 Å². The Bertz CT molecular complexity index is 367. The molecule has 3 heteroatoms. The van der Waals surface area contributed by atoms with Gasteiger partial charge in [0.25, 0.3) is 0 Å². The zero-order valence-corrected chi connectivity index (χ0v) is 17.0. The fourth-order valence-electron chi connectivity index (χ4n) is 3.84. The van der Waals surface area contributed by atoms with E-state index in [-0.39, 0.29) is 12.8 Å². The summed E-state index contributed by atoms with van der Waals surface area (Å²) in [4.78, 5) is 4.62. The van der Waals surface area contributed by atoms with Crippen molar-refractivity contribution in [3.8, 4) is 0 Å². The van der Waals surface area contributed by atoms with E-state index < -0.39 is 0 Å². The molecule has 0 aliphatic carbocycles. The van der Waals surface area contributed by atoms with Crippen LogP contribution in [-0.2, 0) is 0 Å². The molecule has 2 atom stereocenters. The van der Waals surface area contributed by atoms with Gasteiger partial charge in [-0.3, -0.25) is 4.48 Å². The molecule has 0 radical (unpaired) electrons. The topological polar surface area (TPSA) is 32.6 Å². The maximum Gasteiger partial charge on any atom is 0.202 e. The van der Waals surface area contributed by atoms with Crippen molar-refractivity contribution >= 4 is 6.21 Å². The number of aliphatic hydroxyl groups is 1. The monoisotopic (exact) mass is 351 g/mol. The van der Waals surface area contributed by atoms with Crippen LogP contribution in [0.3, 0.4) is 0 Å². The molecule has 2 unspecified atom stereocenters. The van der Waals surface area contributed by atoms with Gasteiger partial charge in [0, 0.05) is 0 Å². The Morgan fingerprint density at radius 2 is 1.56 bits per heavy atom. The van der Waals surface area contributed by atoms with Crippen LogP contribution in [0.4, 0.5) is 0 Å². The molecule has 3 nitrogen and oxygen atoms in total. The largest absolute Gasteiger partial charge is 0.391 e. The maximum absolute atomic E-state index is 9.33. The van der Waals surface area contributed by atoms with Crippen LogP contribution in [0.25, 0.3) is 0 Å². The summed E-state index contributed by atoms with van der Waals surface area (Å²) in [6, 6.07) is 0. The van der Waals surface area contributed by atoms with E-state index in [1.807, 2.05) is 6.21 Å². The molecule has 0 amide bonds. The Labute approximate surface area is 156 Å². The number of likely N-dealkylation sites (N-methyl/N-ethyl adjacent to an activating group) is 1. The molecule has 0 saturated carbocycles. The van der Waals surface area contributed by atoms with Gasteiger partial charge >= 0.3 is 0 Å². The summed E-state index contributed by atoms with van der Waals surface area (Å²) < 4.78 is 0.894. The molecule has 0 aromatic rings. The Morgan fingerprint density at radius 1 is 0.960 bits per heavy atom. The molecule has 146 valence electrons. The molecule has 0 fully saturated rings. The standard InChI is InChI=1S/C22H43N2O/c1-3-5-6-7-8-9-10-11-12-13-14-15-16-17-22-23-18-19-24(22,4-2)20-21-25/h16-18,22,25H,3-15,19-21H2,1-2H3/q+1/b17-16+. The fourth-order valence-corrected chi connectivity index (χ4v) is 3.84. The summed E-state index contributed by atoms with van der Waals surface area (Å²) in [7, 11) is 0. The molecule has 1 rings (SSSR count). The van der Waals surface area contributed by atoms with Crippen LogP contribution in [0.1, 0.15) is 90.9 Å². The van der Waals surface area contributed by atoms with Crippen molar-refractivity contribution in [1.82, 2.24) is 0 Å². The van der Waals surface area contributed by atoms with Crippen LogP contribution >= 0.6 is 0 Å². The highest BCUT2D eigenvalue weighted by Crippen LogP contribution is 2.20. The van der Waals surface area contributed by atoms with Gasteiger partial charge in [0.2, 0.25) is 6.17 Å². The Balaban J connectivity index is 2.00. The lowest BCUT2D eigenvalue weighted by Gasteiger charge is -2.36. The van der Waals surface area contributed by atoms with Crippen LogP contribution < -0.4 is 0 Å². The Morgan fingerprint density at radius 3 is 2.12 bits per heavy atom. The van der Waals surface area contributed by atoms with Crippen LogP contribution in [0.15, 0.2) is 17.1 Å². The second kappa shape index (κ2) is 14.5. The number of rotatable bonds is 16. The first-order valence-electron chi connectivity index (χ1n) is 10.9. The normalized spacial score (nSPS) is 23.1. The Kier molecular flexibility index (Phi) is 13.0. The number of hydrogen-bond acceptors (Lipinski definition) is 2. The summed E-state index contributed by atoms with van der Waals surface area (Å²) in [5.74, 6) is 0. The molecule has 0 aromatic heterocycles. The second-order valence-electron chi connectivity index (χ2n) is 7.66. The van der Waals surface area contributed by atoms with Gasteiger partial charge in [-0.05, 0) is 25.8 Å². The number of unbranched alkanes of at least 4 members (excludes halogenated alkanes) is 11. The minimum Gasteiger partial charge on any atom is -0.391 e. The molecule has 1 heterocycles. The van der Waals surface area contributed by atoms with Gasteiger partial charge in [-0.15, -0.1) is 0 Å². The van der Waals surface area contributed by atoms with Crippen LogP contribution in [-0.4, -0.2) is 48.2 Å². The lowest BCUT2D eigenvalue weighted by Crippen LogP contribution is -2.53. The predicted molar refractivity (Wildman–Crippen MR) is 110 cm³/mol. The quantitative estimate of drug-likeness (QED) is 0.223. The molecule has 0 spiro atoms. The highest BCUT2D eigenvalue weighted by Gasteiger charge is 2.35. The summed E-state index contributed by atoms with van der Waals surface area (Å²) in [5.41, 5.74) is 0. The summed E-state index contributed by atoms with van der Waals surface area (Å²) in [5, 5.41) is 9.33. The smallest absolute Gasteiger partial charge is 0.202 e. The van der Waals surface area contributed by atoms with Gasteiger partial charge in [0.15, 0.2) is 0 Å². The molecule has 1 aliphatic rings. The molecule has 1 aliphatic heterocycles. The summed E-state index contributed by atoms with van der Waals surface area (Å²) >= 11 is 0. The van der Waals surface area contributed by atoms with Crippen molar-refractivity contribution in [2.45, 2.75) is 97.1 Å². The first-order valence-corrected chi connectivity index (χ1v) is 10.9. The third-order valence-corrected chi connectivity index (χ3v) is 5.72. The minimum atomic E-state index is 0.227. The second-order valence-corrected chi connectivity index (χ2v) is 7.66. The van der Waals surface area contributed by atoms with Crippen molar-refractivity contribution in [2.75, 3.05) is 26.2 Å². The molecular formula is C22H43N2O+. The number of hydrogen-bond donors (Lipinski definition) is 1. The van der Waals surface area contributed by atoms with E-state index >= 15 is 0 Å². The first kappa shape index (κ1) is 22.4. The molecular weight excluding hydrogens is 308 g/mol. The number of aliphatic hydroxyl groups excluding tert-OH is 1. The predicted octanol–water partition coefficient (Wildman–Crippen LogP) is 5.48. The van der Waals surface area contributed by atoms with E-state index in [9.17, 15) is 5.11 Å². The zero-order valence-electron chi connectivity index (χ0n) is 17.0. The first-order chi connectivity index (χ1) is 12.3. The van der Waals surface area contributed by atoms with Crippen LogP contribution in [0.5, 0.6) is 0 Å². The summed E-state index contributed by atoms with van der Waals surface area (Å²) in [6.07, 6.45) is 23.4. The molecule has 1 N–H and O–H groups in total. The van der Waals surface area contributed by atoms with Gasteiger partial charge in [-0.2, -0.15) is 0 Å². The van der Waals surface area contributed by atoms with E-state index in [0.29, 0.717) is 0 Å². The van der Waals surface area contributed by atoms with Gasteiger partial charge in [-0.25, -0.2) is 4.99 Å². The maximum atomic E-state index is 9.33. The minimum absolute atomic E-state index is 0.227. The molecule has 25 heavy (non-hydrogen) atoms. The average molecular weight is 352 g/mol. The number of quaternary nitrogens is 1. The van der Waals surface area contributed by atoms with Gasteiger partial charge < -0.3 is 5.11 Å². The molecule has 0 aromatic carbocycles. The van der Waals surface area contributed by atoms with Crippen molar-refractivity contribution in [2.24, 2.45) is 4.99 Å². The van der Waals surface area contributed by atoms with Crippen molar-refractivity contribution in [3.05, 3.63) is 12.2 Å². The zero-order chi connectivity index (χ0) is 18.2. The van der Waals surface area contributed by atoms with Crippen molar-refractivity contribution in [3.63, 3.8) is 0 Å². The van der Waals surface area contributed by atoms with E-state index in [1.165, 1.54) is 77.0 Å². The third-order valence-electron chi connectivity index (χ3n) is 5.72. The van der Waals surface area contributed by atoms with Crippen molar-refractivity contribution in [1.29, 1.82) is 0 Å². The lowest BCUT2D eigenvalue weighted by molar-refractivity contribution is -0.929. The number of nitrogens with zero attached hydrogens (tertiary/aromatic N) is 2. The molecule has 0 saturated heterocycles. The van der Waals surface area contributed by atoms with E-state index in [1.54, 1.807) is 0 Å². The lowest BCUT2D eigenvalue weighted by atomic mass is 10.1. The van der Waals surface area contributed by atoms with E-state index in [2.05, 4.69) is 31.0 Å². The number of aliphatic imine (C=N–C) groups is 1. The number of allylic oxidation sites excluding steroid dienone is 1. The third kappa shape index (κ3) is 9.01. The van der Waals surface area contributed by atoms with Gasteiger partial charge in [0.05, 0.1) is 19.4 Å². The highest BCUT2D eigenvalue weighted by molar-refractivity contribution is 5.60.